The number of hydrogen-bond donors (Lipinski definition) is 4. The van der Waals surface area contributed by atoms with Gasteiger partial charge in [-0.05, 0) is 0 Å². The van der Waals surface area contributed by atoms with Crippen molar-refractivity contribution in [3.05, 3.63) is 0 Å². The maximum Gasteiger partial charge on any atom is 2.00 e. The predicted octanol–water partition coefficient (Wildman–Crippen LogP) is -2.17. The van der Waals surface area contributed by atoms with Gasteiger partial charge in [0.15, 0.2) is 0 Å². The minimum Gasteiger partial charge on any atom is -0.480 e. The largest absolute Gasteiger partial charge is 2.00 e. The molecule has 0 rings (SSSR count). The van der Waals surface area contributed by atoms with Crippen molar-refractivity contribution >= 4 is 17.9 Å². The van der Waals surface area contributed by atoms with Gasteiger partial charge in [0, 0.05) is 19.6 Å². The van der Waals surface area contributed by atoms with Gasteiger partial charge in [0.1, 0.15) is 0 Å². The second-order valence-corrected chi connectivity index (χ2v) is 3.89. The van der Waals surface area contributed by atoms with E-state index in [1.54, 1.807) is 0 Å². The van der Waals surface area contributed by atoms with Crippen LogP contribution in [0.3, 0.4) is 0 Å². The summed E-state index contributed by atoms with van der Waals surface area (Å²) in [7, 11) is 0. The van der Waals surface area contributed by atoms with Gasteiger partial charge in [-0.15, -0.1) is 0 Å². The number of aliphatic hydroxyl groups is 1. The van der Waals surface area contributed by atoms with Crippen molar-refractivity contribution in [2.75, 3.05) is 45.9 Å². The van der Waals surface area contributed by atoms with Gasteiger partial charge in [-0.3, -0.25) is 24.2 Å². The van der Waals surface area contributed by atoms with Crippen molar-refractivity contribution < 1.29 is 51.9 Å². The maximum absolute atomic E-state index is 10.6. The molecule has 10 heteroatoms. The Kier molecular flexibility index (Phi) is 12.3. The van der Waals surface area contributed by atoms with Crippen LogP contribution in [0.25, 0.3) is 0 Å². The van der Waals surface area contributed by atoms with Crippen LogP contribution >= 0.6 is 0 Å². The molecule has 0 amide bonds. The van der Waals surface area contributed by atoms with Crippen molar-refractivity contribution in [2.24, 2.45) is 0 Å². The van der Waals surface area contributed by atoms with E-state index >= 15 is 0 Å². The molecule has 0 radical (unpaired) electrons. The van der Waals surface area contributed by atoms with Crippen molar-refractivity contribution in [3.8, 4) is 0 Å². The summed E-state index contributed by atoms with van der Waals surface area (Å²) in [5, 5.41) is 34.7. The van der Waals surface area contributed by atoms with E-state index in [1.165, 1.54) is 9.80 Å². The third-order valence-electron chi connectivity index (χ3n) is 2.23. The molecule has 0 saturated heterocycles. The van der Waals surface area contributed by atoms with E-state index in [9.17, 15) is 14.4 Å². The molecule has 0 fully saturated rings. The van der Waals surface area contributed by atoms with Crippen molar-refractivity contribution in [3.63, 3.8) is 0 Å². The van der Waals surface area contributed by atoms with Crippen molar-refractivity contribution in [1.29, 1.82) is 0 Å². The topological polar surface area (TPSA) is 139 Å². The summed E-state index contributed by atoms with van der Waals surface area (Å²) in [6, 6.07) is 0. The van der Waals surface area contributed by atoms with Crippen LogP contribution in [0.2, 0.25) is 0 Å². The van der Waals surface area contributed by atoms with Gasteiger partial charge in [-0.1, -0.05) is 0 Å². The molecule has 0 saturated carbocycles. The fourth-order valence-corrected chi connectivity index (χ4v) is 1.48. The zero-order valence-electron chi connectivity index (χ0n) is 10.7. The summed E-state index contributed by atoms with van der Waals surface area (Å²) in [5.41, 5.74) is 0. The average Bonchev–Trinajstić information content (AvgIpc) is 2.23. The standard InChI is InChI=1S/C10H18N2O7.Fe/c13-4-3-11(5-8(14)15)1-2-12(6-9(16)17)7-10(18)19;/h13H,1-7H2,(H,14,15)(H,16,17)(H,18,19);/q;+2. The Morgan fingerprint density at radius 3 is 1.40 bits per heavy atom. The minimum atomic E-state index is -1.16. The first-order valence-electron chi connectivity index (χ1n) is 5.56. The quantitative estimate of drug-likeness (QED) is 0.311. The molecule has 0 aliphatic rings. The Labute approximate surface area is 126 Å². The smallest absolute Gasteiger partial charge is 0.480 e. The number of aliphatic hydroxyl groups excluding tert-OH is 1. The average molecular weight is 334 g/mol. The van der Waals surface area contributed by atoms with Gasteiger partial charge in [0.2, 0.25) is 0 Å². The van der Waals surface area contributed by atoms with E-state index < -0.39 is 31.0 Å². The first-order valence-corrected chi connectivity index (χ1v) is 5.56. The van der Waals surface area contributed by atoms with E-state index in [0.717, 1.165) is 0 Å². The molecular weight excluding hydrogens is 316 g/mol. The Morgan fingerprint density at radius 2 is 1.05 bits per heavy atom. The molecule has 0 heterocycles. The van der Waals surface area contributed by atoms with Crippen molar-refractivity contribution in [1.82, 2.24) is 9.80 Å². The van der Waals surface area contributed by atoms with E-state index in [1.807, 2.05) is 0 Å². The van der Waals surface area contributed by atoms with E-state index in [0.29, 0.717) is 0 Å². The van der Waals surface area contributed by atoms with Gasteiger partial charge in [0.25, 0.3) is 0 Å². The van der Waals surface area contributed by atoms with Crippen LogP contribution in [0.4, 0.5) is 0 Å². The Morgan fingerprint density at radius 1 is 0.700 bits per heavy atom. The zero-order chi connectivity index (χ0) is 14.8. The number of nitrogens with zero attached hydrogens (tertiary/aromatic N) is 2. The molecule has 0 spiro atoms. The molecule has 0 aliphatic heterocycles. The number of hydrogen-bond acceptors (Lipinski definition) is 6. The second kappa shape index (κ2) is 11.6. The SMILES string of the molecule is O=C(O)CN(CCO)CCN(CC(=O)O)CC(=O)O.[Fe+2]. The molecule has 9 nitrogen and oxygen atoms in total. The summed E-state index contributed by atoms with van der Waals surface area (Å²) in [6.07, 6.45) is 0. The zero-order valence-corrected chi connectivity index (χ0v) is 11.8. The monoisotopic (exact) mass is 334 g/mol. The first-order chi connectivity index (χ1) is 8.85. The van der Waals surface area contributed by atoms with Crippen LogP contribution in [0, 0.1) is 0 Å². The third-order valence-corrected chi connectivity index (χ3v) is 2.23. The summed E-state index contributed by atoms with van der Waals surface area (Å²) in [5.74, 6) is -3.39. The molecule has 0 aliphatic carbocycles. The summed E-state index contributed by atoms with van der Waals surface area (Å²) < 4.78 is 0. The second-order valence-electron chi connectivity index (χ2n) is 3.89. The molecule has 0 aromatic carbocycles. The van der Waals surface area contributed by atoms with E-state index in [2.05, 4.69) is 0 Å². The Bertz CT molecular complexity index is 311. The van der Waals surface area contributed by atoms with Gasteiger partial charge in [-0.2, -0.15) is 0 Å². The van der Waals surface area contributed by atoms with Gasteiger partial charge >= 0.3 is 35.0 Å². The molecule has 4 N–H and O–H groups in total. The van der Waals surface area contributed by atoms with Crippen LogP contribution in [-0.4, -0.2) is 94.0 Å². The van der Waals surface area contributed by atoms with Crippen molar-refractivity contribution in [2.45, 2.75) is 0 Å². The predicted molar refractivity (Wildman–Crippen MR) is 62.9 cm³/mol. The van der Waals surface area contributed by atoms with Crippen LogP contribution in [0.15, 0.2) is 0 Å². The molecule has 0 aromatic rings. The first kappa shape index (κ1) is 21.1. The number of carbonyl (C=O) groups is 3. The number of carboxylic acids is 3. The van der Waals surface area contributed by atoms with Crippen LogP contribution < -0.4 is 0 Å². The Balaban J connectivity index is 0. The third kappa shape index (κ3) is 11.9. The van der Waals surface area contributed by atoms with Crippen LogP contribution in [0.1, 0.15) is 0 Å². The van der Waals surface area contributed by atoms with Crippen LogP contribution in [-0.2, 0) is 31.5 Å². The fraction of sp³-hybridized carbons (Fsp3) is 0.700. The molecule has 20 heavy (non-hydrogen) atoms. The minimum absolute atomic E-state index is 0. The molecular formula is C10H18FeN2O7+2. The van der Waals surface area contributed by atoms with Gasteiger partial charge in [-0.25, -0.2) is 0 Å². The molecule has 116 valence electrons. The molecule has 0 aromatic heterocycles. The number of carboxylic acid groups (broad SMARTS) is 3. The van der Waals surface area contributed by atoms with E-state index in [4.69, 9.17) is 20.4 Å². The molecule has 0 bridgehead atoms. The summed E-state index contributed by atoms with van der Waals surface area (Å²) in [6.45, 7) is -1.03. The summed E-state index contributed by atoms with van der Waals surface area (Å²) in [4.78, 5) is 34.3. The normalized spacial score (nSPS) is 10.3. The number of aliphatic carboxylic acids is 3. The van der Waals surface area contributed by atoms with Gasteiger partial charge in [0.05, 0.1) is 26.2 Å². The van der Waals surface area contributed by atoms with Crippen LogP contribution in [0.5, 0.6) is 0 Å². The van der Waals surface area contributed by atoms with E-state index in [-0.39, 0.29) is 49.9 Å². The van der Waals surface area contributed by atoms with Gasteiger partial charge < -0.3 is 20.4 Å². The fourth-order valence-electron chi connectivity index (χ4n) is 1.48. The Hall–Kier alpha value is -1.19. The number of rotatable bonds is 11. The maximum atomic E-state index is 10.6. The summed E-state index contributed by atoms with van der Waals surface area (Å²) >= 11 is 0. The molecule has 0 unspecified atom stereocenters. The molecule has 0 atom stereocenters.